The zero-order valence-corrected chi connectivity index (χ0v) is 26.6. The van der Waals surface area contributed by atoms with Crippen molar-refractivity contribution in [3.8, 4) is 0 Å². The van der Waals surface area contributed by atoms with Gasteiger partial charge < -0.3 is 0 Å². The molecule has 9 rings (SSSR count). The Bertz CT molecular complexity index is 2550. The summed E-state index contributed by atoms with van der Waals surface area (Å²) in [6.07, 6.45) is 9.70. The van der Waals surface area contributed by atoms with Crippen molar-refractivity contribution in [3.63, 3.8) is 0 Å². The average molecular weight is 612 g/mol. The summed E-state index contributed by atoms with van der Waals surface area (Å²) in [4.78, 5) is 5.04. The van der Waals surface area contributed by atoms with Crippen LogP contribution in [0, 0.1) is 0 Å². The van der Waals surface area contributed by atoms with Crippen molar-refractivity contribution >= 4 is 48.8 Å². The first-order valence-electron chi connectivity index (χ1n) is 16.6. The predicted molar refractivity (Wildman–Crippen MR) is 203 cm³/mol. The van der Waals surface area contributed by atoms with Gasteiger partial charge in [0.15, 0.2) is 0 Å². The normalized spacial score (nSPS) is 16.2. The van der Waals surface area contributed by atoms with Gasteiger partial charge in [-0.25, -0.2) is 0 Å². The van der Waals surface area contributed by atoms with Crippen molar-refractivity contribution in [2.24, 2.45) is 0 Å². The summed E-state index contributed by atoms with van der Waals surface area (Å²) in [7, 11) is 0. The summed E-state index contributed by atoms with van der Waals surface area (Å²) in [6, 6.07) is 54.8. The average Bonchev–Trinajstić information content (AvgIpc) is 3.22. The number of nitrogens with zero attached hydrogens (tertiary/aromatic N) is 1. The third-order valence-electron chi connectivity index (χ3n) is 10.2. The minimum atomic E-state index is -0.701. The number of fused-ring (bicyclic) bond motifs is 9. The van der Waals surface area contributed by atoms with Crippen LogP contribution >= 0.6 is 0 Å². The van der Waals surface area contributed by atoms with E-state index in [1.54, 1.807) is 0 Å². The molecule has 0 fully saturated rings. The van der Waals surface area contributed by atoms with Gasteiger partial charge in [0.25, 0.3) is 0 Å². The molecule has 0 radical (unpaired) electrons. The summed E-state index contributed by atoms with van der Waals surface area (Å²) >= 11 is 0. The summed E-state index contributed by atoms with van der Waals surface area (Å²) in [6.45, 7) is 5.04. The van der Waals surface area contributed by atoms with Crippen LogP contribution in [-0.4, -0.2) is 4.98 Å². The monoisotopic (exact) mass is 611 g/mol. The van der Waals surface area contributed by atoms with Crippen LogP contribution in [0.5, 0.6) is 0 Å². The van der Waals surface area contributed by atoms with Crippen LogP contribution in [0.2, 0.25) is 0 Å². The van der Waals surface area contributed by atoms with E-state index in [9.17, 15) is 0 Å². The molecule has 0 atom stereocenters. The first kappa shape index (κ1) is 28.2. The van der Waals surface area contributed by atoms with Gasteiger partial charge in [0.05, 0.1) is 10.9 Å². The number of pyridine rings is 1. The molecule has 0 spiro atoms. The molecule has 1 heteroatoms. The maximum atomic E-state index is 5.04. The molecule has 0 bridgehead atoms. The molecule has 1 heterocycles. The van der Waals surface area contributed by atoms with Crippen LogP contribution in [0.1, 0.15) is 27.8 Å². The lowest BCUT2D eigenvalue weighted by molar-refractivity contribution is 0.747. The second-order valence-corrected chi connectivity index (χ2v) is 12.7. The Morgan fingerprint density at radius 2 is 1.12 bits per heavy atom. The zero-order valence-electron chi connectivity index (χ0n) is 26.6. The molecule has 0 N–H and O–H groups in total. The number of rotatable bonds is 3. The molecule has 1 aromatic heterocycles. The van der Waals surface area contributed by atoms with Crippen LogP contribution in [0.3, 0.4) is 0 Å². The Labute approximate surface area is 280 Å². The van der Waals surface area contributed by atoms with E-state index in [0.29, 0.717) is 0 Å². The number of benzene rings is 7. The van der Waals surface area contributed by atoms with Gasteiger partial charge in [-0.2, -0.15) is 0 Å². The van der Waals surface area contributed by atoms with Crippen molar-refractivity contribution in [1.82, 2.24) is 4.98 Å². The van der Waals surface area contributed by atoms with Crippen molar-refractivity contribution in [3.05, 3.63) is 216 Å². The third kappa shape index (κ3) is 4.21. The van der Waals surface area contributed by atoms with E-state index >= 15 is 0 Å². The Kier molecular flexibility index (Phi) is 6.66. The number of aromatic nitrogens is 1. The van der Waals surface area contributed by atoms with Gasteiger partial charge >= 0.3 is 0 Å². The zero-order chi connectivity index (χ0) is 32.1. The summed E-state index contributed by atoms with van der Waals surface area (Å²) in [5.74, 6) is 0. The third-order valence-corrected chi connectivity index (χ3v) is 10.2. The predicted octanol–water partition coefficient (Wildman–Crippen LogP) is 11.8. The summed E-state index contributed by atoms with van der Waals surface area (Å²) < 4.78 is 0. The van der Waals surface area contributed by atoms with Crippen LogP contribution < -0.4 is 0 Å². The Morgan fingerprint density at radius 1 is 0.542 bits per heavy atom. The van der Waals surface area contributed by atoms with E-state index < -0.39 is 5.41 Å². The van der Waals surface area contributed by atoms with Crippen molar-refractivity contribution < 1.29 is 0 Å². The molecule has 0 amide bonds. The molecule has 8 aromatic rings. The minimum Gasteiger partial charge on any atom is -0.256 e. The highest BCUT2D eigenvalue weighted by molar-refractivity contribution is 6.13. The lowest BCUT2D eigenvalue weighted by Crippen LogP contribution is -2.32. The quantitative estimate of drug-likeness (QED) is 0.181. The van der Waals surface area contributed by atoms with Crippen LogP contribution in [0.15, 0.2) is 188 Å². The lowest BCUT2D eigenvalue weighted by Gasteiger charge is -2.39. The molecule has 1 aliphatic rings. The summed E-state index contributed by atoms with van der Waals surface area (Å²) in [5, 5.41) is 8.55. The van der Waals surface area contributed by atoms with E-state index in [4.69, 9.17) is 11.6 Å². The molecule has 0 aliphatic heterocycles. The van der Waals surface area contributed by atoms with Gasteiger partial charge in [-0.05, 0) is 84.4 Å². The highest BCUT2D eigenvalue weighted by Gasteiger charge is 2.42. The molecule has 7 aromatic carbocycles. The lowest BCUT2D eigenvalue weighted by atomic mass is 9.62. The Balaban J connectivity index is 1.46. The van der Waals surface area contributed by atoms with Gasteiger partial charge in [-0.15, -0.1) is 0 Å². The number of hydrogen-bond donors (Lipinski definition) is 0. The topological polar surface area (TPSA) is 12.9 Å². The number of hydrogen-bond acceptors (Lipinski definition) is 1. The van der Waals surface area contributed by atoms with Crippen molar-refractivity contribution in [2.75, 3.05) is 0 Å². The molecule has 1 aliphatic carbocycles. The Hall–Kier alpha value is -6.05. The van der Waals surface area contributed by atoms with E-state index in [-0.39, 0.29) is 0 Å². The highest BCUT2D eigenvalue weighted by atomic mass is 14.7. The second kappa shape index (κ2) is 11.3. The molecule has 0 unspecified atom stereocenters. The van der Waals surface area contributed by atoms with Crippen LogP contribution in [-0.2, 0) is 11.8 Å². The fourth-order valence-corrected chi connectivity index (χ4v) is 8.18. The molecule has 226 valence electrons. The summed E-state index contributed by atoms with van der Waals surface area (Å²) in [5.41, 5.74) is 8.60. The van der Waals surface area contributed by atoms with Crippen molar-refractivity contribution in [1.29, 1.82) is 0 Å². The SMILES string of the molecule is C=C1/C=C(c2cc3ccccc3c3ccccc23)\C=C/Cc2c(c3cccnc3c3ccccc23)C1(c1ccccc1)c1ccccc1. The van der Waals surface area contributed by atoms with Gasteiger partial charge in [0.1, 0.15) is 0 Å². The van der Waals surface area contributed by atoms with Gasteiger partial charge in [0.2, 0.25) is 0 Å². The van der Waals surface area contributed by atoms with Gasteiger partial charge in [-0.3, -0.25) is 4.98 Å². The number of allylic oxidation sites excluding steroid dienone is 5. The van der Waals surface area contributed by atoms with Gasteiger partial charge in [-0.1, -0.05) is 164 Å². The van der Waals surface area contributed by atoms with E-state index in [1.165, 1.54) is 60.1 Å². The highest BCUT2D eigenvalue weighted by Crippen LogP contribution is 2.52. The maximum absolute atomic E-state index is 5.04. The van der Waals surface area contributed by atoms with Crippen molar-refractivity contribution in [2.45, 2.75) is 11.8 Å². The van der Waals surface area contributed by atoms with E-state index in [1.807, 2.05) is 6.20 Å². The smallest absolute Gasteiger partial charge is 0.0783 e. The first-order valence-corrected chi connectivity index (χ1v) is 16.6. The second-order valence-electron chi connectivity index (χ2n) is 12.7. The molecular formula is C47H33N. The minimum absolute atomic E-state index is 0.701. The molecule has 0 saturated heterocycles. The molecule has 0 saturated carbocycles. The van der Waals surface area contributed by atoms with Gasteiger partial charge in [0, 0.05) is 17.0 Å². The van der Waals surface area contributed by atoms with E-state index in [2.05, 4.69) is 170 Å². The molecule has 1 nitrogen and oxygen atoms in total. The maximum Gasteiger partial charge on any atom is 0.0783 e. The molecular weight excluding hydrogens is 579 g/mol. The van der Waals surface area contributed by atoms with Crippen LogP contribution in [0.4, 0.5) is 0 Å². The van der Waals surface area contributed by atoms with E-state index in [0.717, 1.165) is 28.5 Å². The fraction of sp³-hybridized carbons (Fsp3) is 0.0426. The Morgan fingerprint density at radius 3 is 1.85 bits per heavy atom. The molecule has 48 heavy (non-hydrogen) atoms. The largest absolute Gasteiger partial charge is 0.256 e. The standard InChI is InChI=1S/C47H33N/c1-32-30-33(44-31-34-16-8-9-22-37(34)38-23-10-11-24-39(38)44)17-14-27-41-40-25-12-13-26-42(40)46-43(28-15-29-48-46)45(41)47(32,35-18-4-2-5-19-35)36-20-6-3-7-21-36/h2-26,28-31H,1,27H2/b17-14-,33-30+. The first-order chi connectivity index (χ1) is 23.7. The fourth-order valence-electron chi connectivity index (χ4n) is 8.18. The van der Waals surface area contributed by atoms with Crippen LogP contribution in [0.25, 0.3) is 48.8 Å².